The van der Waals surface area contributed by atoms with Crippen LogP contribution in [-0.4, -0.2) is 39.8 Å². The van der Waals surface area contributed by atoms with Crippen LogP contribution in [0.25, 0.3) is 5.65 Å². The third-order valence-electron chi connectivity index (χ3n) is 2.44. The fraction of sp³-hybridized carbons (Fsp3) is 0.364. The van der Waals surface area contributed by atoms with E-state index in [1.54, 1.807) is 28.8 Å². The number of carbonyl (C=O) groups excluding carboxylic acids is 1. The van der Waals surface area contributed by atoms with Crippen LogP contribution in [-0.2, 0) is 11.3 Å². The summed E-state index contributed by atoms with van der Waals surface area (Å²) < 4.78 is 37.3. The molecule has 2 N–H and O–H groups in total. The fourth-order valence-electron chi connectivity index (χ4n) is 1.57. The van der Waals surface area contributed by atoms with Crippen molar-refractivity contribution in [1.82, 2.24) is 25.2 Å². The van der Waals surface area contributed by atoms with Crippen molar-refractivity contribution in [2.45, 2.75) is 12.7 Å². The minimum atomic E-state index is -4.33. The Labute approximate surface area is 112 Å². The summed E-state index contributed by atoms with van der Waals surface area (Å²) in [6.45, 7) is -1.51. The molecule has 1 amide bonds. The van der Waals surface area contributed by atoms with Gasteiger partial charge in [-0.2, -0.15) is 13.2 Å². The summed E-state index contributed by atoms with van der Waals surface area (Å²) in [5.41, 5.74) is 0.631. The molecule has 0 aromatic carbocycles. The summed E-state index contributed by atoms with van der Waals surface area (Å²) in [6, 6.07) is 5.34. The number of carbonyl (C=O) groups is 1. The summed E-state index contributed by atoms with van der Waals surface area (Å²) in [6.07, 6.45) is -2.60. The lowest BCUT2D eigenvalue weighted by Crippen LogP contribution is -2.38. The molecular formula is C11H12F3N5O. The monoisotopic (exact) mass is 287 g/mol. The highest BCUT2D eigenvalue weighted by Crippen LogP contribution is 2.11. The van der Waals surface area contributed by atoms with Gasteiger partial charge < -0.3 is 10.6 Å². The molecule has 0 aliphatic rings. The molecule has 0 radical (unpaired) electrons. The zero-order valence-corrected chi connectivity index (χ0v) is 10.3. The van der Waals surface area contributed by atoms with Crippen LogP contribution in [0.5, 0.6) is 0 Å². The molecule has 0 unspecified atom stereocenters. The van der Waals surface area contributed by atoms with Gasteiger partial charge in [0.25, 0.3) is 0 Å². The molecule has 2 aromatic heterocycles. The molecule has 2 rings (SSSR count). The number of hydrogen-bond donors (Lipinski definition) is 2. The summed E-state index contributed by atoms with van der Waals surface area (Å²) in [4.78, 5) is 11.4. The Morgan fingerprint density at radius 2 is 2.10 bits per heavy atom. The molecule has 6 nitrogen and oxygen atoms in total. The quantitative estimate of drug-likeness (QED) is 0.840. The molecular weight excluding hydrogens is 275 g/mol. The van der Waals surface area contributed by atoms with Gasteiger partial charge in [-0.15, -0.1) is 10.2 Å². The first-order valence-electron chi connectivity index (χ1n) is 5.78. The van der Waals surface area contributed by atoms with E-state index in [1.165, 1.54) is 0 Å². The maximum absolute atomic E-state index is 11.9. The number of nitrogens with zero attached hydrogens (tertiary/aromatic N) is 3. The lowest BCUT2D eigenvalue weighted by atomic mass is 10.4. The molecule has 9 heteroatoms. The Morgan fingerprint density at radius 3 is 2.85 bits per heavy atom. The first kappa shape index (κ1) is 14.3. The Kier molecular flexibility index (Phi) is 4.18. The van der Waals surface area contributed by atoms with Gasteiger partial charge in [-0.05, 0) is 12.1 Å². The minimum Gasteiger partial charge on any atom is -0.348 e. The van der Waals surface area contributed by atoms with Crippen LogP contribution < -0.4 is 10.6 Å². The van der Waals surface area contributed by atoms with E-state index in [0.717, 1.165) is 0 Å². The van der Waals surface area contributed by atoms with Crippen LogP contribution in [0, 0.1) is 0 Å². The lowest BCUT2D eigenvalue weighted by Gasteiger charge is -2.08. The number of nitrogens with one attached hydrogen (secondary N) is 2. The standard InChI is InChI=1S/C11H12F3N5O/c12-11(13,14)7-15-6-10(20)16-5-9-18-17-8-3-1-2-4-19(8)9/h1-4,15H,5-7H2,(H,16,20). The summed E-state index contributed by atoms with van der Waals surface area (Å²) >= 11 is 0. The van der Waals surface area contributed by atoms with E-state index >= 15 is 0 Å². The van der Waals surface area contributed by atoms with Crippen molar-refractivity contribution >= 4 is 11.6 Å². The molecule has 2 aromatic rings. The summed E-state index contributed by atoms with van der Waals surface area (Å²) in [7, 11) is 0. The van der Waals surface area contributed by atoms with Crippen molar-refractivity contribution < 1.29 is 18.0 Å². The second-order valence-electron chi connectivity index (χ2n) is 4.04. The first-order chi connectivity index (χ1) is 9.46. The zero-order valence-electron chi connectivity index (χ0n) is 10.3. The molecule has 0 atom stereocenters. The largest absolute Gasteiger partial charge is 0.401 e. The third-order valence-corrected chi connectivity index (χ3v) is 2.44. The predicted molar refractivity (Wildman–Crippen MR) is 63.8 cm³/mol. The van der Waals surface area contributed by atoms with Gasteiger partial charge in [0.05, 0.1) is 19.6 Å². The first-order valence-corrected chi connectivity index (χ1v) is 5.78. The number of fused-ring (bicyclic) bond motifs is 1. The van der Waals surface area contributed by atoms with Gasteiger partial charge in [0, 0.05) is 6.20 Å². The molecule has 0 saturated carbocycles. The maximum Gasteiger partial charge on any atom is 0.401 e. The molecule has 0 fully saturated rings. The number of rotatable bonds is 5. The highest BCUT2D eigenvalue weighted by molar-refractivity contribution is 5.77. The second kappa shape index (κ2) is 5.87. The molecule has 0 aliphatic heterocycles. The van der Waals surface area contributed by atoms with Gasteiger partial charge in [0.1, 0.15) is 0 Å². The number of pyridine rings is 1. The zero-order chi connectivity index (χ0) is 14.6. The van der Waals surface area contributed by atoms with Crippen molar-refractivity contribution in [3.63, 3.8) is 0 Å². The van der Waals surface area contributed by atoms with Crippen LogP contribution in [0.4, 0.5) is 13.2 Å². The van der Waals surface area contributed by atoms with Crippen molar-refractivity contribution in [2.75, 3.05) is 13.1 Å². The third kappa shape index (κ3) is 3.92. The fourth-order valence-corrected chi connectivity index (χ4v) is 1.57. The van der Waals surface area contributed by atoms with Crippen LogP contribution in [0.15, 0.2) is 24.4 Å². The molecule has 0 bridgehead atoms. The van der Waals surface area contributed by atoms with Crippen LogP contribution >= 0.6 is 0 Å². The van der Waals surface area contributed by atoms with Crippen LogP contribution in [0.2, 0.25) is 0 Å². The summed E-state index contributed by atoms with van der Waals surface area (Å²) in [5.74, 6) is -0.0355. The van der Waals surface area contributed by atoms with Crippen LogP contribution in [0.3, 0.4) is 0 Å². The van der Waals surface area contributed by atoms with E-state index in [9.17, 15) is 18.0 Å². The van der Waals surface area contributed by atoms with E-state index in [0.29, 0.717) is 11.5 Å². The lowest BCUT2D eigenvalue weighted by molar-refractivity contribution is -0.128. The van der Waals surface area contributed by atoms with Gasteiger partial charge >= 0.3 is 6.18 Å². The number of alkyl halides is 3. The Hall–Kier alpha value is -2.16. The van der Waals surface area contributed by atoms with Crippen molar-refractivity contribution in [2.24, 2.45) is 0 Å². The minimum absolute atomic E-state index is 0.0950. The Balaban J connectivity index is 1.82. The predicted octanol–water partition coefficient (Wildman–Crippen LogP) is 0.497. The van der Waals surface area contributed by atoms with E-state index in [-0.39, 0.29) is 6.54 Å². The van der Waals surface area contributed by atoms with Gasteiger partial charge in [0.2, 0.25) is 5.91 Å². The average molecular weight is 287 g/mol. The van der Waals surface area contributed by atoms with Gasteiger partial charge in [-0.25, -0.2) is 0 Å². The molecule has 0 aliphatic carbocycles. The van der Waals surface area contributed by atoms with Gasteiger partial charge in [0.15, 0.2) is 11.5 Å². The van der Waals surface area contributed by atoms with Crippen molar-refractivity contribution in [3.8, 4) is 0 Å². The topological polar surface area (TPSA) is 71.3 Å². The second-order valence-corrected chi connectivity index (χ2v) is 4.04. The molecule has 0 saturated heterocycles. The smallest absolute Gasteiger partial charge is 0.348 e. The highest BCUT2D eigenvalue weighted by Gasteiger charge is 2.26. The van der Waals surface area contributed by atoms with E-state index in [2.05, 4.69) is 15.5 Å². The number of aromatic nitrogens is 3. The maximum atomic E-state index is 11.9. The normalized spacial score (nSPS) is 11.8. The van der Waals surface area contributed by atoms with E-state index in [4.69, 9.17) is 0 Å². The Bertz CT molecular complexity index is 595. The average Bonchev–Trinajstić information content (AvgIpc) is 2.78. The van der Waals surface area contributed by atoms with Gasteiger partial charge in [-0.3, -0.25) is 9.20 Å². The summed E-state index contributed by atoms with van der Waals surface area (Å²) in [5, 5.41) is 12.3. The van der Waals surface area contributed by atoms with Crippen LogP contribution in [0.1, 0.15) is 5.82 Å². The molecule has 20 heavy (non-hydrogen) atoms. The number of halogens is 3. The Morgan fingerprint density at radius 1 is 1.30 bits per heavy atom. The van der Waals surface area contributed by atoms with Crippen molar-refractivity contribution in [3.05, 3.63) is 30.2 Å². The number of amides is 1. The molecule has 2 heterocycles. The van der Waals surface area contributed by atoms with Crippen molar-refractivity contribution in [1.29, 1.82) is 0 Å². The van der Waals surface area contributed by atoms with E-state index in [1.807, 2.05) is 5.32 Å². The number of hydrogen-bond acceptors (Lipinski definition) is 4. The van der Waals surface area contributed by atoms with E-state index < -0.39 is 25.2 Å². The van der Waals surface area contributed by atoms with Gasteiger partial charge in [-0.1, -0.05) is 6.07 Å². The molecule has 0 spiro atoms. The molecule has 108 valence electrons. The SMILES string of the molecule is O=C(CNCC(F)(F)F)NCc1nnc2ccccn12. The highest BCUT2D eigenvalue weighted by atomic mass is 19.4.